The molecule has 0 aromatic heterocycles. The molecule has 6 nitrogen and oxygen atoms in total. The predicted molar refractivity (Wildman–Crippen MR) is 114 cm³/mol. The molecule has 0 fully saturated rings. The maximum atomic E-state index is 12.8. The smallest absolute Gasteiger partial charge is 0.418 e. The molecule has 0 bridgehead atoms. The first-order valence-corrected chi connectivity index (χ1v) is 10.5. The van der Waals surface area contributed by atoms with E-state index in [-0.39, 0.29) is 23.5 Å². The molecule has 0 aliphatic carbocycles. The van der Waals surface area contributed by atoms with Crippen LogP contribution in [0.5, 0.6) is 0 Å². The Morgan fingerprint density at radius 1 is 0.829 bits per heavy atom. The number of anilines is 2. The molecule has 2 aliphatic rings. The van der Waals surface area contributed by atoms with Crippen LogP contribution in [0.3, 0.4) is 0 Å². The third kappa shape index (κ3) is 5.63. The molecule has 0 amide bonds. The van der Waals surface area contributed by atoms with E-state index < -0.39 is 47.3 Å². The molecule has 2 aromatic carbocycles. The van der Waals surface area contributed by atoms with Crippen molar-refractivity contribution in [1.29, 1.82) is 0 Å². The van der Waals surface area contributed by atoms with E-state index in [2.05, 4.69) is 15.4 Å². The minimum Gasteiger partial charge on any atom is -0.481 e. The summed E-state index contributed by atoms with van der Waals surface area (Å²) in [5.74, 6) is -3.09. The molecule has 0 spiro atoms. The van der Waals surface area contributed by atoms with Gasteiger partial charge in [-0.1, -0.05) is 24.3 Å². The number of carboxylic acids is 1. The first-order chi connectivity index (χ1) is 16.4. The minimum atomic E-state index is -4.47. The summed E-state index contributed by atoms with van der Waals surface area (Å²) in [6, 6.07) is 7.46. The van der Waals surface area contributed by atoms with Crippen LogP contribution in [0.2, 0.25) is 0 Å². The summed E-state index contributed by atoms with van der Waals surface area (Å²) in [5.41, 5.74) is -1.10. The van der Waals surface area contributed by atoms with E-state index >= 15 is 0 Å². The van der Waals surface area contributed by atoms with Crippen LogP contribution in [0.25, 0.3) is 0 Å². The lowest BCUT2D eigenvalue weighted by molar-refractivity contribution is -0.143. The number of halogens is 6. The van der Waals surface area contributed by atoms with E-state index in [1.807, 2.05) is 0 Å². The average Bonchev–Trinajstić information content (AvgIpc) is 2.81. The third-order valence-corrected chi connectivity index (χ3v) is 5.81. The molecule has 3 N–H and O–H groups in total. The van der Waals surface area contributed by atoms with Crippen molar-refractivity contribution in [3.8, 4) is 0 Å². The average molecular weight is 504 g/mol. The SMILES string of the molecule is COC(=O)C1CCNc2c1cccc2C(F)(F)F.O=C(O)C1CCNc2c1cccc2C(F)(F)F. The topological polar surface area (TPSA) is 87.7 Å². The Morgan fingerprint density at radius 2 is 1.26 bits per heavy atom. The van der Waals surface area contributed by atoms with Crippen LogP contribution in [-0.4, -0.2) is 37.2 Å². The van der Waals surface area contributed by atoms with Crippen molar-refractivity contribution in [1.82, 2.24) is 0 Å². The Morgan fingerprint density at radius 3 is 1.66 bits per heavy atom. The van der Waals surface area contributed by atoms with Gasteiger partial charge in [-0.3, -0.25) is 9.59 Å². The number of carbonyl (C=O) groups excluding carboxylic acids is 1. The number of rotatable bonds is 2. The molecule has 0 saturated carbocycles. The van der Waals surface area contributed by atoms with E-state index in [1.165, 1.54) is 31.4 Å². The van der Waals surface area contributed by atoms with E-state index in [4.69, 9.17) is 5.11 Å². The molecular formula is C23H22F6N2O4. The zero-order valence-electron chi connectivity index (χ0n) is 18.4. The highest BCUT2D eigenvalue weighted by Gasteiger charge is 2.39. The highest BCUT2D eigenvalue weighted by atomic mass is 19.4. The molecule has 0 radical (unpaired) electrons. The summed E-state index contributed by atoms with van der Waals surface area (Å²) in [4.78, 5) is 22.5. The van der Waals surface area contributed by atoms with Gasteiger partial charge in [0.2, 0.25) is 0 Å². The van der Waals surface area contributed by atoms with E-state index in [0.717, 1.165) is 12.1 Å². The van der Waals surface area contributed by atoms with Crippen molar-refractivity contribution < 1.29 is 45.8 Å². The second kappa shape index (κ2) is 10.0. The lowest BCUT2D eigenvalue weighted by Gasteiger charge is -2.27. The Balaban J connectivity index is 0.000000196. The normalized spacial score (nSPS) is 19.1. The van der Waals surface area contributed by atoms with Gasteiger partial charge in [-0.05, 0) is 36.1 Å². The number of methoxy groups -OCH3 is 1. The summed E-state index contributed by atoms with van der Waals surface area (Å²) >= 11 is 0. The van der Waals surface area contributed by atoms with Crippen LogP contribution in [0.1, 0.15) is 46.9 Å². The summed E-state index contributed by atoms with van der Waals surface area (Å²) in [6.07, 6.45) is -8.18. The number of carboxylic acid groups (broad SMARTS) is 1. The molecule has 2 unspecified atom stereocenters. The first-order valence-electron chi connectivity index (χ1n) is 10.5. The molecule has 2 aromatic rings. The Kier molecular flexibility index (Phi) is 7.51. The first kappa shape index (κ1) is 26.2. The molecule has 2 atom stereocenters. The summed E-state index contributed by atoms with van der Waals surface area (Å²) in [7, 11) is 1.23. The molecular weight excluding hydrogens is 482 g/mol. The number of aliphatic carboxylic acids is 1. The Labute approximate surface area is 196 Å². The van der Waals surface area contributed by atoms with Crippen LogP contribution in [0.4, 0.5) is 37.7 Å². The second-order valence-electron chi connectivity index (χ2n) is 7.93. The third-order valence-electron chi connectivity index (χ3n) is 5.81. The van der Waals surface area contributed by atoms with Crippen molar-refractivity contribution in [3.63, 3.8) is 0 Å². The maximum absolute atomic E-state index is 12.8. The van der Waals surface area contributed by atoms with Gasteiger partial charge < -0.3 is 20.5 Å². The maximum Gasteiger partial charge on any atom is 0.418 e. The largest absolute Gasteiger partial charge is 0.481 e. The van der Waals surface area contributed by atoms with Crippen molar-refractivity contribution in [2.24, 2.45) is 0 Å². The van der Waals surface area contributed by atoms with Gasteiger partial charge in [0, 0.05) is 13.1 Å². The zero-order chi connectivity index (χ0) is 26.0. The molecule has 190 valence electrons. The standard InChI is InChI=1S/C12H12F3NO2.C11H10F3NO2/c1-18-11(17)8-5-6-16-10-7(8)3-2-4-9(10)12(13,14)15;12-11(13,14)8-3-1-2-6-7(10(16)17)4-5-15-9(6)8/h2-4,8,16H,5-6H2,1H3;1-3,7,15H,4-5H2,(H,16,17). The number of ether oxygens (including phenoxy) is 1. The lowest BCUT2D eigenvalue weighted by atomic mass is 9.89. The summed E-state index contributed by atoms with van der Waals surface area (Å²) in [5, 5.41) is 14.3. The summed E-state index contributed by atoms with van der Waals surface area (Å²) < 4.78 is 81.3. The number of alkyl halides is 6. The number of hydrogen-bond donors (Lipinski definition) is 3. The van der Waals surface area contributed by atoms with Crippen LogP contribution >= 0.6 is 0 Å². The van der Waals surface area contributed by atoms with Gasteiger partial charge in [0.1, 0.15) is 0 Å². The number of para-hydroxylation sites is 2. The van der Waals surface area contributed by atoms with Crippen molar-refractivity contribution in [2.45, 2.75) is 37.0 Å². The lowest BCUT2D eigenvalue weighted by Crippen LogP contribution is -2.26. The fraction of sp³-hybridized carbons (Fsp3) is 0.391. The molecule has 35 heavy (non-hydrogen) atoms. The number of esters is 1. The van der Waals surface area contributed by atoms with Gasteiger partial charge in [-0.25, -0.2) is 0 Å². The molecule has 2 heterocycles. The predicted octanol–water partition coefficient (Wildman–Crippen LogP) is 5.47. The molecule has 0 saturated heterocycles. The van der Waals surface area contributed by atoms with Crippen molar-refractivity contribution >= 4 is 23.3 Å². The Bertz CT molecular complexity index is 1100. The quantitative estimate of drug-likeness (QED) is 0.372. The monoisotopic (exact) mass is 504 g/mol. The van der Waals surface area contributed by atoms with E-state index in [0.29, 0.717) is 24.9 Å². The van der Waals surface area contributed by atoms with E-state index in [1.54, 1.807) is 0 Å². The summed E-state index contributed by atoms with van der Waals surface area (Å²) in [6.45, 7) is 0.553. The number of hydrogen-bond acceptors (Lipinski definition) is 5. The van der Waals surface area contributed by atoms with Gasteiger partial charge in [0.25, 0.3) is 0 Å². The van der Waals surface area contributed by atoms with E-state index in [9.17, 15) is 35.9 Å². The van der Waals surface area contributed by atoms with Gasteiger partial charge >= 0.3 is 24.3 Å². The van der Waals surface area contributed by atoms with Gasteiger partial charge in [0.05, 0.1) is 41.4 Å². The fourth-order valence-electron chi connectivity index (χ4n) is 4.23. The van der Waals surface area contributed by atoms with Gasteiger partial charge in [0.15, 0.2) is 0 Å². The van der Waals surface area contributed by atoms with Crippen LogP contribution in [0, 0.1) is 0 Å². The van der Waals surface area contributed by atoms with Crippen molar-refractivity contribution in [2.75, 3.05) is 30.8 Å². The molecule has 12 heteroatoms. The minimum absolute atomic E-state index is 0.00773. The van der Waals surface area contributed by atoms with Crippen LogP contribution in [-0.2, 0) is 26.7 Å². The highest BCUT2D eigenvalue weighted by molar-refractivity contribution is 5.82. The highest BCUT2D eigenvalue weighted by Crippen LogP contribution is 2.43. The number of benzene rings is 2. The van der Waals surface area contributed by atoms with Gasteiger partial charge in [-0.15, -0.1) is 0 Å². The fourth-order valence-corrected chi connectivity index (χ4v) is 4.23. The molecule has 2 aliphatic heterocycles. The van der Waals surface area contributed by atoms with Crippen molar-refractivity contribution in [3.05, 3.63) is 58.7 Å². The Hall–Kier alpha value is -3.44. The van der Waals surface area contributed by atoms with Gasteiger partial charge in [-0.2, -0.15) is 26.3 Å². The number of carbonyl (C=O) groups is 2. The number of nitrogens with one attached hydrogen (secondary N) is 2. The molecule has 4 rings (SSSR count). The second-order valence-corrected chi connectivity index (χ2v) is 7.93. The zero-order valence-corrected chi connectivity index (χ0v) is 18.4. The van der Waals surface area contributed by atoms with Crippen LogP contribution < -0.4 is 10.6 Å². The number of fused-ring (bicyclic) bond motifs is 2. The van der Waals surface area contributed by atoms with Crippen LogP contribution in [0.15, 0.2) is 36.4 Å².